The predicted molar refractivity (Wildman–Crippen MR) is 106 cm³/mol. The number of ether oxygens (including phenoxy) is 2. The fourth-order valence-electron chi connectivity index (χ4n) is 3.12. The van der Waals surface area contributed by atoms with Crippen molar-refractivity contribution in [3.63, 3.8) is 0 Å². The lowest BCUT2D eigenvalue weighted by Gasteiger charge is -2.34. The summed E-state index contributed by atoms with van der Waals surface area (Å²) in [5, 5.41) is 0. The zero-order chi connectivity index (χ0) is 20.8. The minimum absolute atomic E-state index is 0.167. The molecule has 8 heteroatoms. The van der Waals surface area contributed by atoms with Gasteiger partial charge in [0, 0.05) is 13.1 Å². The highest BCUT2D eigenvalue weighted by Gasteiger charge is 2.46. The minimum atomic E-state index is -3.92. The number of esters is 1. The Bertz CT molecular complexity index is 769. The number of benzene rings is 1. The molecular weight excluding hydrogens is 382 g/mol. The lowest BCUT2D eigenvalue weighted by molar-refractivity contribution is -0.147. The van der Waals surface area contributed by atoms with Gasteiger partial charge in [-0.1, -0.05) is 30.3 Å². The molecule has 0 bridgehead atoms. The Morgan fingerprint density at radius 2 is 1.79 bits per heavy atom. The highest BCUT2D eigenvalue weighted by atomic mass is 32.2. The van der Waals surface area contributed by atoms with Crippen LogP contribution in [-0.2, 0) is 35.3 Å². The SMILES string of the molecule is CCOC(=O)C(Cc1ccccc1)CS(=O)(=O)C(C)(C)C(=O)N1CCOCC1. The number of amides is 1. The van der Waals surface area contributed by atoms with Crippen molar-refractivity contribution in [2.45, 2.75) is 31.9 Å². The van der Waals surface area contributed by atoms with E-state index in [-0.39, 0.29) is 13.0 Å². The summed E-state index contributed by atoms with van der Waals surface area (Å²) in [4.78, 5) is 26.8. The fourth-order valence-corrected chi connectivity index (χ4v) is 4.72. The molecular formula is C20H29NO6S. The standard InChI is InChI=1S/C20H29NO6S/c1-4-27-18(22)17(14-16-8-6-5-7-9-16)15-28(24,25)20(2,3)19(23)21-10-12-26-13-11-21/h5-9,17H,4,10-15H2,1-3H3. The lowest BCUT2D eigenvalue weighted by atomic mass is 10.0. The van der Waals surface area contributed by atoms with E-state index in [4.69, 9.17) is 9.47 Å². The van der Waals surface area contributed by atoms with E-state index < -0.39 is 38.1 Å². The molecule has 2 rings (SSSR count). The van der Waals surface area contributed by atoms with Crippen molar-refractivity contribution in [1.82, 2.24) is 4.90 Å². The summed E-state index contributed by atoms with van der Waals surface area (Å²) in [5.74, 6) is -2.34. The Labute approximate surface area is 166 Å². The van der Waals surface area contributed by atoms with Gasteiger partial charge in [0.05, 0.1) is 31.5 Å². The zero-order valence-electron chi connectivity index (χ0n) is 16.7. The molecule has 1 aromatic carbocycles. The monoisotopic (exact) mass is 411 g/mol. The van der Waals surface area contributed by atoms with E-state index in [9.17, 15) is 18.0 Å². The minimum Gasteiger partial charge on any atom is -0.466 e. The smallest absolute Gasteiger partial charge is 0.310 e. The first-order valence-electron chi connectivity index (χ1n) is 9.49. The summed E-state index contributed by atoms with van der Waals surface area (Å²) in [5.41, 5.74) is 0.841. The topological polar surface area (TPSA) is 90.0 Å². The van der Waals surface area contributed by atoms with Crippen molar-refractivity contribution in [3.8, 4) is 0 Å². The Kier molecular flexibility index (Phi) is 7.60. The molecule has 0 radical (unpaired) electrons. The van der Waals surface area contributed by atoms with Crippen molar-refractivity contribution in [3.05, 3.63) is 35.9 Å². The van der Waals surface area contributed by atoms with Crippen LogP contribution in [0.25, 0.3) is 0 Å². The summed E-state index contributed by atoms with van der Waals surface area (Å²) < 4.78 is 35.0. The third-order valence-electron chi connectivity index (χ3n) is 4.96. The number of nitrogens with zero attached hydrogens (tertiary/aromatic N) is 1. The number of hydrogen-bond acceptors (Lipinski definition) is 6. The number of sulfone groups is 1. The Morgan fingerprint density at radius 3 is 2.36 bits per heavy atom. The van der Waals surface area contributed by atoms with Gasteiger partial charge < -0.3 is 14.4 Å². The molecule has 1 heterocycles. The zero-order valence-corrected chi connectivity index (χ0v) is 17.5. The molecule has 1 aromatic rings. The van der Waals surface area contributed by atoms with Crippen LogP contribution >= 0.6 is 0 Å². The fraction of sp³-hybridized carbons (Fsp3) is 0.600. The van der Waals surface area contributed by atoms with E-state index in [1.807, 2.05) is 30.3 Å². The van der Waals surface area contributed by atoms with E-state index in [0.717, 1.165) is 5.56 Å². The number of carbonyl (C=O) groups excluding carboxylic acids is 2. The van der Waals surface area contributed by atoms with Crippen LogP contribution in [0.3, 0.4) is 0 Å². The third-order valence-corrected chi connectivity index (χ3v) is 7.53. The number of rotatable bonds is 8. The maximum atomic E-state index is 13.2. The third kappa shape index (κ3) is 5.32. The van der Waals surface area contributed by atoms with Crippen LogP contribution in [0.1, 0.15) is 26.3 Å². The average Bonchev–Trinajstić information content (AvgIpc) is 2.68. The molecule has 7 nitrogen and oxygen atoms in total. The molecule has 1 aliphatic heterocycles. The number of hydrogen-bond donors (Lipinski definition) is 0. The summed E-state index contributed by atoms with van der Waals surface area (Å²) in [7, 11) is -3.92. The molecule has 1 aliphatic rings. The van der Waals surface area contributed by atoms with Crippen molar-refractivity contribution in [1.29, 1.82) is 0 Å². The van der Waals surface area contributed by atoms with Crippen LogP contribution in [0, 0.1) is 5.92 Å². The first-order chi connectivity index (χ1) is 13.2. The van der Waals surface area contributed by atoms with Gasteiger partial charge in [-0.05, 0) is 32.8 Å². The van der Waals surface area contributed by atoms with E-state index >= 15 is 0 Å². The molecule has 156 valence electrons. The molecule has 1 atom stereocenters. The van der Waals surface area contributed by atoms with Gasteiger partial charge in [0.2, 0.25) is 5.91 Å². The van der Waals surface area contributed by atoms with E-state index in [1.54, 1.807) is 6.92 Å². The predicted octanol–water partition coefficient (Wildman–Crippen LogP) is 1.46. The normalized spacial score (nSPS) is 16.5. The molecule has 1 fully saturated rings. The van der Waals surface area contributed by atoms with Gasteiger partial charge in [-0.2, -0.15) is 0 Å². The van der Waals surface area contributed by atoms with Crippen LogP contribution in [0.15, 0.2) is 30.3 Å². The number of morpholine rings is 1. The molecule has 0 spiro atoms. The highest BCUT2D eigenvalue weighted by molar-refractivity contribution is 7.93. The van der Waals surface area contributed by atoms with Gasteiger partial charge >= 0.3 is 5.97 Å². The molecule has 28 heavy (non-hydrogen) atoms. The molecule has 0 aromatic heterocycles. The molecule has 1 saturated heterocycles. The summed E-state index contributed by atoms with van der Waals surface area (Å²) in [6.45, 7) is 6.17. The largest absolute Gasteiger partial charge is 0.466 e. The second kappa shape index (κ2) is 9.52. The van der Waals surface area contributed by atoms with Gasteiger partial charge in [-0.25, -0.2) is 8.42 Å². The Balaban J connectivity index is 2.21. The number of carbonyl (C=O) groups is 2. The Hall–Kier alpha value is -1.93. The van der Waals surface area contributed by atoms with Gasteiger partial charge in [-0.15, -0.1) is 0 Å². The maximum Gasteiger partial charge on any atom is 0.310 e. The van der Waals surface area contributed by atoms with Crippen molar-refractivity contribution >= 4 is 21.7 Å². The van der Waals surface area contributed by atoms with E-state index in [2.05, 4.69) is 0 Å². The first kappa shape index (κ1) is 22.4. The van der Waals surface area contributed by atoms with Crippen LogP contribution in [0.4, 0.5) is 0 Å². The maximum absolute atomic E-state index is 13.2. The van der Waals surface area contributed by atoms with Crippen LogP contribution < -0.4 is 0 Å². The lowest BCUT2D eigenvalue weighted by Crippen LogP contribution is -2.54. The average molecular weight is 412 g/mol. The quantitative estimate of drug-likeness (QED) is 0.602. The van der Waals surface area contributed by atoms with Crippen molar-refractivity contribution in [2.24, 2.45) is 5.92 Å². The second-order valence-corrected chi connectivity index (χ2v) is 9.92. The summed E-state index contributed by atoms with van der Waals surface area (Å²) >= 11 is 0. The molecule has 0 aliphatic carbocycles. The highest BCUT2D eigenvalue weighted by Crippen LogP contribution is 2.25. The second-order valence-electron chi connectivity index (χ2n) is 7.33. The van der Waals surface area contributed by atoms with E-state index in [1.165, 1.54) is 18.7 Å². The van der Waals surface area contributed by atoms with E-state index in [0.29, 0.717) is 26.3 Å². The van der Waals surface area contributed by atoms with Crippen molar-refractivity contribution < 1.29 is 27.5 Å². The molecule has 1 unspecified atom stereocenters. The van der Waals surface area contributed by atoms with Crippen LogP contribution in [0.5, 0.6) is 0 Å². The molecule has 0 N–H and O–H groups in total. The molecule has 1 amide bonds. The Morgan fingerprint density at radius 1 is 1.18 bits per heavy atom. The van der Waals surface area contributed by atoms with Gasteiger partial charge in [0.15, 0.2) is 9.84 Å². The van der Waals surface area contributed by atoms with Crippen molar-refractivity contribution in [2.75, 3.05) is 38.7 Å². The van der Waals surface area contributed by atoms with Crippen LogP contribution in [-0.4, -0.2) is 68.6 Å². The summed E-state index contributed by atoms with van der Waals surface area (Å²) in [6.07, 6.45) is 0.237. The first-order valence-corrected chi connectivity index (χ1v) is 11.1. The molecule has 0 saturated carbocycles. The summed E-state index contributed by atoms with van der Waals surface area (Å²) in [6, 6.07) is 9.19. The van der Waals surface area contributed by atoms with Gasteiger partial charge in [0.1, 0.15) is 4.75 Å². The van der Waals surface area contributed by atoms with Gasteiger partial charge in [-0.3, -0.25) is 9.59 Å². The van der Waals surface area contributed by atoms with Crippen LogP contribution in [0.2, 0.25) is 0 Å². The van der Waals surface area contributed by atoms with Gasteiger partial charge in [0.25, 0.3) is 0 Å².